The van der Waals surface area contributed by atoms with Gasteiger partial charge in [-0.3, -0.25) is 10.1 Å². The Morgan fingerprint density at radius 2 is 2.00 bits per heavy atom. The number of benzene rings is 1. The van der Waals surface area contributed by atoms with Crippen LogP contribution < -0.4 is 0 Å². The lowest BCUT2D eigenvalue weighted by atomic mass is 10.0. The summed E-state index contributed by atoms with van der Waals surface area (Å²) in [4.78, 5) is 12.9. The molecule has 2 rings (SSSR count). The van der Waals surface area contributed by atoms with Gasteiger partial charge in [-0.1, -0.05) is 6.92 Å². The van der Waals surface area contributed by atoms with E-state index in [4.69, 9.17) is 4.74 Å². The molecule has 1 aromatic carbocycles. The number of fused-ring (bicyclic) bond motifs is 1. The third-order valence-electron chi connectivity index (χ3n) is 3.84. The Bertz CT molecular complexity index is 760. The molecule has 2 aromatic rings. The van der Waals surface area contributed by atoms with Crippen molar-refractivity contribution in [1.82, 2.24) is 4.98 Å². The van der Waals surface area contributed by atoms with Gasteiger partial charge in [0.1, 0.15) is 11.2 Å². The van der Waals surface area contributed by atoms with Crippen LogP contribution in [0.4, 0.5) is 18.9 Å². The van der Waals surface area contributed by atoms with Crippen molar-refractivity contribution >= 4 is 28.4 Å². The van der Waals surface area contributed by atoms with Crippen LogP contribution in [-0.2, 0) is 16.5 Å². The number of hydrogen-bond donors (Lipinski definition) is 1. The van der Waals surface area contributed by atoms with E-state index in [0.29, 0.717) is 16.8 Å². The standard InChI is InChI=1S/C15H17F3N2O3S/c1-4-24-8-14(2,23-3)13-6-9-5-12(20(21)22)10(15(16,17)18)7-11(9)19-13/h5-7,19H,4,8H2,1-3H3/t14-/m0/s1. The van der Waals surface area contributed by atoms with E-state index >= 15 is 0 Å². The van der Waals surface area contributed by atoms with Gasteiger partial charge in [-0.15, -0.1) is 0 Å². The first-order valence-electron chi connectivity index (χ1n) is 7.14. The summed E-state index contributed by atoms with van der Waals surface area (Å²) in [6, 6.07) is 3.32. The van der Waals surface area contributed by atoms with Crippen LogP contribution in [0.3, 0.4) is 0 Å². The van der Waals surface area contributed by atoms with Gasteiger partial charge in [0.15, 0.2) is 0 Å². The summed E-state index contributed by atoms with van der Waals surface area (Å²) in [7, 11) is 1.52. The Kier molecular flexibility index (Phi) is 5.14. The topological polar surface area (TPSA) is 68.2 Å². The molecule has 1 heterocycles. The van der Waals surface area contributed by atoms with Gasteiger partial charge in [0.05, 0.1) is 4.92 Å². The smallest absolute Gasteiger partial charge is 0.371 e. The van der Waals surface area contributed by atoms with E-state index in [0.717, 1.165) is 17.9 Å². The number of aromatic amines is 1. The van der Waals surface area contributed by atoms with Crippen LogP contribution in [0.15, 0.2) is 18.2 Å². The number of nitro benzene ring substituents is 1. The number of H-pyrrole nitrogens is 1. The van der Waals surface area contributed by atoms with E-state index in [-0.39, 0.29) is 5.52 Å². The molecule has 0 aliphatic carbocycles. The molecule has 1 aromatic heterocycles. The number of ether oxygens (including phenoxy) is 1. The monoisotopic (exact) mass is 362 g/mol. The summed E-state index contributed by atoms with van der Waals surface area (Å²) in [5.41, 5.74) is -2.19. The van der Waals surface area contributed by atoms with Gasteiger partial charge in [0.25, 0.3) is 5.69 Å². The fraction of sp³-hybridized carbons (Fsp3) is 0.467. The molecule has 0 radical (unpaired) electrons. The van der Waals surface area contributed by atoms with Crippen molar-refractivity contribution in [2.75, 3.05) is 18.6 Å². The minimum atomic E-state index is -4.80. The molecule has 1 N–H and O–H groups in total. The van der Waals surface area contributed by atoms with Crippen molar-refractivity contribution in [3.8, 4) is 0 Å². The molecule has 0 amide bonds. The first-order chi connectivity index (χ1) is 11.1. The second-order valence-corrected chi connectivity index (χ2v) is 6.74. The number of alkyl halides is 3. The maximum absolute atomic E-state index is 13.1. The predicted molar refractivity (Wildman–Crippen MR) is 87.3 cm³/mol. The molecule has 9 heteroatoms. The highest BCUT2D eigenvalue weighted by molar-refractivity contribution is 7.99. The lowest BCUT2D eigenvalue weighted by Crippen LogP contribution is -2.28. The number of rotatable bonds is 6. The van der Waals surface area contributed by atoms with Crippen molar-refractivity contribution in [2.24, 2.45) is 0 Å². The Morgan fingerprint density at radius 3 is 2.50 bits per heavy atom. The van der Waals surface area contributed by atoms with Crippen molar-refractivity contribution in [2.45, 2.75) is 25.6 Å². The summed E-state index contributed by atoms with van der Waals surface area (Å²) in [6.07, 6.45) is -4.80. The third-order valence-corrected chi connectivity index (χ3v) is 5.00. The number of nitro groups is 1. The number of aromatic nitrogens is 1. The van der Waals surface area contributed by atoms with Crippen LogP contribution in [0.1, 0.15) is 25.1 Å². The molecule has 0 bridgehead atoms. The van der Waals surface area contributed by atoms with E-state index in [1.165, 1.54) is 7.11 Å². The minimum absolute atomic E-state index is 0.188. The number of hydrogen-bond acceptors (Lipinski definition) is 4. The van der Waals surface area contributed by atoms with Crippen LogP contribution in [-0.4, -0.2) is 28.5 Å². The molecule has 0 fully saturated rings. The van der Waals surface area contributed by atoms with E-state index in [2.05, 4.69) is 4.98 Å². The Hall–Kier alpha value is -1.74. The first kappa shape index (κ1) is 18.6. The lowest BCUT2D eigenvalue weighted by molar-refractivity contribution is -0.387. The molecule has 0 aliphatic heterocycles. The van der Waals surface area contributed by atoms with Crippen molar-refractivity contribution in [3.63, 3.8) is 0 Å². The summed E-state index contributed by atoms with van der Waals surface area (Å²) in [6.45, 7) is 3.81. The molecular weight excluding hydrogens is 345 g/mol. The molecule has 5 nitrogen and oxygen atoms in total. The van der Waals surface area contributed by atoms with E-state index < -0.39 is 28.0 Å². The second kappa shape index (κ2) is 6.64. The normalized spacial score (nSPS) is 14.8. The van der Waals surface area contributed by atoms with Gasteiger partial charge in [0, 0.05) is 35.5 Å². The van der Waals surface area contributed by atoms with E-state index in [9.17, 15) is 23.3 Å². The quantitative estimate of drug-likeness (QED) is 0.597. The number of methoxy groups -OCH3 is 1. The summed E-state index contributed by atoms with van der Waals surface area (Å²) < 4.78 is 44.7. The molecule has 132 valence electrons. The number of nitrogens with one attached hydrogen (secondary N) is 1. The zero-order chi connectivity index (χ0) is 18.1. The van der Waals surface area contributed by atoms with Crippen LogP contribution >= 0.6 is 11.8 Å². The molecule has 0 saturated heterocycles. The van der Waals surface area contributed by atoms with Crippen molar-refractivity contribution in [3.05, 3.63) is 39.6 Å². The Balaban J connectivity index is 2.60. The lowest BCUT2D eigenvalue weighted by Gasteiger charge is -2.26. The molecule has 0 spiro atoms. The molecule has 1 atom stereocenters. The largest absolute Gasteiger partial charge is 0.423 e. The third kappa shape index (κ3) is 3.51. The molecule has 0 unspecified atom stereocenters. The fourth-order valence-corrected chi connectivity index (χ4v) is 3.24. The molecule has 0 saturated carbocycles. The SMILES string of the molecule is CCSC[C@](C)(OC)c1cc2cc([N+](=O)[O-])c(C(F)(F)F)cc2[nH]1. The molecule has 24 heavy (non-hydrogen) atoms. The van der Waals surface area contributed by atoms with Gasteiger partial charge in [-0.25, -0.2) is 0 Å². The number of thioether (sulfide) groups is 1. The van der Waals surface area contributed by atoms with E-state index in [1.807, 2.05) is 13.8 Å². The van der Waals surface area contributed by atoms with Gasteiger partial charge < -0.3 is 9.72 Å². The summed E-state index contributed by atoms with van der Waals surface area (Å²) in [5, 5.41) is 11.3. The predicted octanol–water partition coefficient (Wildman–Crippen LogP) is 4.71. The van der Waals surface area contributed by atoms with Crippen LogP contribution in [0, 0.1) is 10.1 Å². The van der Waals surface area contributed by atoms with Gasteiger partial charge >= 0.3 is 6.18 Å². The van der Waals surface area contributed by atoms with Crippen LogP contribution in [0.2, 0.25) is 0 Å². The molecule has 0 aliphatic rings. The van der Waals surface area contributed by atoms with Crippen molar-refractivity contribution < 1.29 is 22.8 Å². The van der Waals surface area contributed by atoms with Gasteiger partial charge in [0.2, 0.25) is 0 Å². The Labute approximate surface area is 140 Å². The fourth-order valence-electron chi connectivity index (χ4n) is 2.38. The highest BCUT2D eigenvalue weighted by Crippen LogP contribution is 2.39. The number of nitrogens with zero attached hydrogens (tertiary/aromatic N) is 1. The summed E-state index contributed by atoms with van der Waals surface area (Å²) in [5.74, 6) is 1.46. The Morgan fingerprint density at radius 1 is 1.33 bits per heavy atom. The van der Waals surface area contributed by atoms with Crippen LogP contribution in [0.5, 0.6) is 0 Å². The highest BCUT2D eigenvalue weighted by atomic mass is 32.2. The number of halogens is 3. The second-order valence-electron chi connectivity index (χ2n) is 5.47. The highest BCUT2D eigenvalue weighted by Gasteiger charge is 2.39. The van der Waals surface area contributed by atoms with Gasteiger partial charge in [-0.2, -0.15) is 24.9 Å². The zero-order valence-electron chi connectivity index (χ0n) is 13.4. The average Bonchev–Trinajstić information content (AvgIpc) is 2.94. The molecular formula is C15H17F3N2O3S. The minimum Gasteiger partial charge on any atom is -0.371 e. The maximum atomic E-state index is 13.1. The van der Waals surface area contributed by atoms with Gasteiger partial charge in [-0.05, 0) is 24.8 Å². The zero-order valence-corrected chi connectivity index (χ0v) is 14.2. The van der Waals surface area contributed by atoms with Crippen LogP contribution in [0.25, 0.3) is 10.9 Å². The maximum Gasteiger partial charge on any atom is 0.423 e. The van der Waals surface area contributed by atoms with E-state index in [1.54, 1.807) is 17.8 Å². The van der Waals surface area contributed by atoms with Crippen molar-refractivity contribution in [1.29, 1.82) is 0 Å². The first-order valence-corrected chi connectivity index (χ1v) is 8.29. The summed E-state index contributed by atoms with van der Waals surface area (Å²) >= 11 is 1.63. The average molecular weight is 362 g/mol.